The van der Waals surface area contributed by atoms with Crippen molar-refractivity contribution in [3.63, 3.8) is 0 Å². The van der Waals surface area contributed by atoms with E-state index in [1.807, 2.05) is 6.92 Å². The Bertz CT molecular complexity index is 1280. The number of carbonyl (C=O) groups excluding carboxylic acids is 1. The molecule has 0 bridgehead atoms. The van der Waals surface area contributed by atoms with Crippen LogP contribution in [0.15, 0.2) is 46.2 Å². The van der Waals surface area contributed by atoms with E-state index in [1.165, 1.54) is 16.4 Å². The van der Waals surface area contributed by atoms with Crippen molar-refractivity contribution < 1.29 is 26.4 Å². The number of aryl methyl sites for hydroxylation is 2. The Labute approximate surface area is 195 Å². The standard InChI is InChI=1S/C23H28N2O6S2/c1-3-17-6-7-19(16-22(17)33(29,30)24-11-13-31-14-12-24)23(26)25-10-4-5-18-15-20(32(2,27)28)8-9-21(18)25/h6-9,15-16H,3-5,10-14H2,1-2H3. The minimum Gasteiger partial charge on any atom is -0.379 e. The zero-order chi connectivity index (χ0) is 23.8. The van der Waals surface area contributed by atoms with E-state index < -0.39 is 19.9 Å². The molecule has 4 rings (SSSR count). The van der Waals surface area contributed by atoms with Gasteiger partial charge in [-0.3, -0.25) is 4.79 Å². The molecule has 1 amide bonds. The lowest BCUT2D eigenvalue weighted by Crippen LogP contribution is -2.41. The van der Waals surface area contributed by atoms with Crippen LogP contribution in [-0.4, -0.2) is 66.2 Å². The fourth-order valence-electron chi connectivity index (χ4n) is 4.32. The summed E-state index contributed by atoms with van der Waals surface area (Å²) in [5.74, 6) is -0.302. The summed E-state index contributed by atoms with van der Waals surface area (Å²) in [6.45, 7) is 3.62. The average Bonchev–Trinajstić information content (AvgIpc) is 2.82. The molecule has 1 fully saturated rings. The molecule has 0 spiro atoms. The van der Waals surface area contributed by atoms with Crippen molar-refractivity contribution in [2.45, 2.75) is 36.0 Å². The van der Waals surface area contributed by atoms with Crippen LogP contribution in [0, 0.1) is 0 Å². The highest BCUT2D eigenvalue weighted by molar-refractivity contribution is 7.90. The smallest absolute Gasteiger partial charge is 0.258 e. The maximum Gasteiger partial charge on any atom is 0.258 e. The lowest BCUT2D eigenvalue weighted by Gasteiger charge is -2.30. The van der Waals surface area contributed by atoms with Gasteiger partial charge in [0.2, 0.25) is 10.0 Å². The van der Waals surface area contributed by atoms with Crippen LogP contribution in [0.5, 0.6) is 0 Å². The van der Waals surface area contributed by atoms with E-state index in [1.54, 1.807) is 29.2 Å². The van der Waals surface area contributed by atoms with Crippen molar-refractivity contribution in [3.8, 4) is 0 Å². The van der Waals surface area contributed by atoms with Gasteiger partial charge in [-0.25, -0.2) is 16.8 Å². The van der Waals surface area contributed by atoms with Gasteiger partial charge in [-0.15, -0.1) is 0 Å². The maximum atomic E-state index is 13.5. The number of carbonyl (C=O) groups is 1. The van der Waals surface area contributed by atoms with Crippen LogP contribution >= 0.6 is 0 Å². The van der Waals surface area contributed by atoms with Crippen molar-refractivity contribution in [3.05, 3.63) is 53.1 Å². The molecule has 2 aromatic rings. The highest BCUT2D eigenvalue weighted by atomic mass is 32.2. The van der Waals surface area contributed by atoms with Gasteiger partial charge < -0.3 is 9.64 Å². The van der Waals surface area contributed by atoms with E-state index in [4.69, 9.17) is 4.74 Å². The number of fused-ring (bicyclic) bond motifs is 1. The van der Waals surface area contributed by atoms with E-state index in [0.29, 0.717) is 55.8 Å². The van der Waals surface area contributed by atoms with Gasteiger partial charge in [0, 0.05) is 37.1 Å². The number of sulfone groups is 1. The monoisotopic (exact) mass is 492 g/mol. The molecule has 8 nitrogen and oxygen atoms in total. The third-order valence-electron chi connectivity index (χ3n) is 6.13. The van der Waals surface area contributed by atoms with Gasteiger partial charge in [0.25, 0.3) is 5.91 Å². The molecule has 1 saturated heterocycles. The predicted octanol–water partition coefficient (Wildman–Crippen LogP) is 2.27. The third kappa shape index (κ3) is 4.70. The van der Waals surface area contributed by atoms with Crippen molar-refractivity contribution in [1.29, 1.82) is 0 Å². The number of hydrogen-bond donors (Lipinski definition) is 0. The largest absolute Gasteiger partial charge is 0.379 e. The van der Waals surface area contributed by atoms with Gasteiger partial charge in [0.15, 0.2) is 9.84 Å². The highest BCUT2D eigenvalue weighted by Crippen LogP contribution is 2.31. The quantitative estimate of drug-likeness (QED) is 0.635. The van der Waals surface area contributed by atoms with E-state index in [9.17, 15) is 21.6 Å². The number of sulfonamides is 1. The Kier molecular flexibility index (Phi) is 6.63. The van der Waals surface area contributed by atoms with Gasteiger partial charge in [-0.1, -0.05) is 13.0 Å². The number of benzene rings is 2. The van der Waals surface area contributed by atoms with Crippen LogP contribution < -0.4 is 4.90 Å². The summed E-state index contributed by atoms with van der Waals surface area (Å²) < 4.78 is 57.2. The molecule has 10 heteroatoms. The number of rotatable bonds is 5. The first-order valence-corrected chi connectivity index (χ1v) is 14.3. The zero-order valence-electron chi connectivity index (χ0n) is 18.8. The Hall–Kier alpha value is -2.27. The predicted molar refractivity (Wildman–Crippen MR) is 125 cm³/mol. The number of amides is 1. The zero-order valence-corrected chi connectivity index (χ0v) is 20.4. The normalized spacial score (nSPS) is 17.6. The Morgan fingerprint density at radius 3 is 2.39 bits per heavy atom. The summed E-state index contributed by atoms with van der Waals surface area (Å²) >= 11 is 0. The van der Waals surface area contributed by atoms with Gasteiger partial charge in [0.05, 0.1) is 23.0 Å². The summed E-state index contributed by atoms with van der Waals surface area (Å²) in [7, 11) is -7.11. The Morgan fingerprint density at radius 2 is 1.73 bits per heavy atom. The number of hydrogen-bond acceptors (Lipinski definition) is 6. The topological polar surface area (TPSA) is 101 Å². The summed E-state index contributed by atoms with van der Waals surface area (Å²) in [6.07, 6.45) is 3.05. The molecule has 0 unspecified atom stereocenters. The number of anilines is 1. The fraction of sp³-hybridized carbons (Fsp3) is 0.435. The van der Waals surface area contributed by atoms with Crippen LogP contribution in [0.2, 0.25) is 0 Å². The van der Waals surface area contributed by atoms with Crippen LogP contribution in [0.1, 0.15) is 34.8 Å². The lowest BCUT2D eigenvalue weighted by molar-refractivity contribution is 0.0730. The summed E-state index contributed by atoms with van der Waals surface area (Å²) in [5, 5.41) is 0. The fourth-order valence-corrected chi connectivity index (χ4v) is 6.72. The van der Waals surface area contributed by atoms with Crippen LogP contribution in [0.3, 0.4) is 0 Å². The van der Waals surface area contributed by atoms with Gasteiger partial charge in [-0.05, 0) is 60.7 Å². The van der Waals surface area contributed by atoms with Crippen LogP contribution in [0.25, 0.3) is 0 Å². The van der Waals surface area contributed by atoms with Crippen LogP contribution in [0.4, 0.5) is 5.69 Å². The second-order valence-corrected chi connectivity index (χ2v) is 12.2. The van der Waals surface area contributed by atoms with Gasteiger partial charge >= 0.3 is 0 Å². The van der Waals surface area contributed by atoms with Gasteiger partial charge in [-0.2, -0.15) is 4.31 Å². The summed E-state index contributed by atoms with van der Waals surface area (Å²) in [4.78, 5) is 15.5. The molecule has 0 atom stereocenters. The van der Waals surface area contributed by atoms with Crippen molar-refractivity contribution in [2.75, 3.05) is 44.0 Å². The van der Waals surface area contributed by atoms with Crippen molar-refractivity contribution in [1.82, 2.24) is 4.31 Å². The SMILES string of the molecule is CCc1ccc(C(=O)N2CCCc3cc(S(C)(=O)=O)ccc32)cc1S(=O)(=O)N1CCOCC1. The van der Waals surface area contributed by atoms with Gasteiger partial charge in [0.1, 0.15) is 0 Å². The second-order valence-electron chi connectivity index (χ2n) is 8.32. The molecule has 2 aliphatic rings. The van der Waals surface area contributed by atoms with E-state index in [2.05, 4.69) is 0 Å². The molecule has 33 heavy (non-hydrogen) atoms. The molecule has 2 aliphatic heterocycles. The third-order valence-corrected chi connectivity index (χ3v) is 9.22. The van der Waals surface area contributed by atoms with Crippen molar-refractivity contribution >= 4 is 31.5 Å². The maximum absolute atomic E-state index is 13.5. The first kappa shape index (κ1) is 23.9. The summed E-state index contributed by atoms with van der Waals surface area (Å²) in [5.41, 5.74) is 2.41. The molecule has 178 valence electrons. The molecule has 0 aliphatic carbocycles. The molecule has 2 heterocycles. The molecular weight excluding hydrogens is 464 g/mol. The number of morpholine rings is 1. The highest BCUT2D eigenvalue weighted by Gasteiger charge is 2.30. The minimum atomic E-state index is -3.76. The number of nitrogens with zero attached hydrogens (tertiary/aromatic N) is 2. The number of ether oxygens (including phenoxy) is 1. The minimum absolute atomic E-state index is 0.155. The molecule has 0 radical (unpaired) electrons. The Morgan fingerprint density at radius 1 is 1.00 bits per heavy atom. The molecule has 0 aromatic heterocycles. The average molecular weight is 493 g/mol. The Balaban J connectivity index is 1.71. The van der Waals surface area contributed by atoms with E-state index in [-0.39, 0.29) is 28.8 Å². The second kappa shape index (κ2) is 9.17. The van der Waals surface area contributed by atoms with Crippen molar-refractivity contribution in [2.24, 2.45) is 0 Å². The first-order valence-electron chi connectivity index (χ1n) is 11.0. The molecule has 0 saturated carbocycles. The molecule has 2 aromatic carbocycles. The first-order chi connectivity index (χ1) is 15.6. The van der Waals surface area contributed by atoms with E-state index in [0.717, 1.165) is 11.8 Å². The van der Waals surface area contributed by atoms with Crippen LogP contribution in [-0.2, 0) is 37.4 Å². The molecule has 0 N–H and O–H groups in total. The van der Waals surface area contributed by atoms with E-state index >= 15 is 0 Å². The molecular formula is C23H28N2O6S2. The summed E-state index contributed by atoms with van der Waals surface area (Å²) in [6, 6.07) is 9.64. The lowest BCUT2D eigenvalue weighted by atomic mass is 10.0.